The third-order valence-corrected chi connectivity index (χ3v) is 1.93. The van der Waals surface area contributed by atoms with E-state index in [4.69, 9.17) is 0 Å². The van der Waals surface area contributed by atoms with E-state index in [2.05, 4.69) is 31.0 Å². The summed E-state index contributed by atoms with van der Waals surface area (Å²) in [5.41, 5.74) is 2.00. The maximum absolute atomic E-state index is 4.22. The average Bonchev–Trinajstić information content (AvgIpc) is 2.29. The van der Waals surface area contributed by atoms with Crippen molar-refractivity contribution >= 4 is 21.7 Å². The molecule has 2 rings (SSSR count). The second-order valence-corrected chi connectivity index (χ2v) is 3.34. The van der Waals surface area contributed by atoms with Gasteiger partial charge in [-0.25, -0.2) is 9.50 Å². The van der Waals surface area contributed by atoms with Gasteiger partial charge in [-0.1, -0.05) is 0 Å². The summed E-state index contributed by atoms with van der Waals surface area (Å²) < 4.78 is 2.28. The molecule has 0 aliphatic rings. The van der Waals surface area contributed by atoms with Gasteiger partial charge in [-0.3, -0.25) is 0 Å². The maximum atomic E-state index is 4.22. The minimum absolute atomic E-state index is 0.573. The molecule has 4 nitrogen and oxygen atoms in total. The van der Waals surface area contributed by atoms with E-state index in [0.29, 0.717) is 10.5 Å². The zero-order chi connectivity index (χ0) is 8.72. The largest absolute Gasteiger partial charge is 0.253 e. The summed E-state index contributed by atoms with van der Waals surface area (Å²) >= 11 is 3.20. The first-order valence-corrected chi connectivity index (χ1v) is 4.32. The van der Waals surface area contributed by atoms with Crippen molar-refractivity contribution in [2.24, 2.45) is 0 Å². The summed E-state index contributed by atoms with van der Waals surface area (Å²) in [7, 11) is 0. The zero-order valence-electron chi connectivity index (χ0n) is 6.74. The van der Waals surface area contributed by atoms with E-state index >= 15 is 0 Å². The van der Waals surface area contributed by atoms with Gasteiger partial charge in [-0.15, -0.1) is 5.10 Å². The van der Waals surface area contributed by atoms with E-state index in [-0.39, 0.29) is 0 Å². The predicted octanol–water partition coefficient (Wildman–Crippen LogP) is 1.50. The molecule has 0 unspecified atom stereocenters. The molecule has 12 heavy (non-hydrogen) atoms. The molecule has 0 radical (unpaired) electrons. The van der Waals surface area contributed by atoms with E-state index in [0.717, 1.165) is 11.4 Å². The summed E-state index contributed by atoms with van der Waals surface area (Å²) in [6.07, 6.45) is 0. The average molecular weight is 227 g/mol. The van der Waals surface area contributed by atoms with Gasteiger partial charge in [0.05, 0.1) is 0 Å². The Labute approximate surface area is 77.8 Å². The number of aryl methyl sites for hydroxylation is 2. The molecule has 62 valence electrons. The first kappa shape index (κ1) is 7.67. The fourth-order valence-electron chi connectivity index (χ4n) is 1.14. The number of hydrogen-bond donors (Lipinski definition) is 0. The maximum Gasteiger partial charge on any atom is 0.253 e. The van der Waals surface area contributed by atoms with Crippen LogP contribution in [0.4, 0.5) is 0 Å². The Balaban J connectivity index is 2.88. The number of aromatic nitrogens is 4. The van der Waals surface area contributed by atoms with Crippen molar-refractivity contribution in [3.05, 3.63) is 22.2 Å². The zero-order valence-corrected chi connectivity index (χ0v) is 8.33. The highest BCUT2D eigenvalue weighted by Gasteiger charge is 2.03. The first-order valence-electron chi connectivity index (χ1n) is 3.53. The van der Waals surface area contributed by atoms with Gasteiger partial charge in [0, 0.05) is 11.4 Å². The van der Waals surface area contributed by atoms with Crippen LogP contribution in [0.2, 0.25) is 0 Å². The third kappa shape index (κ3) is 1.10. The van der Waals surface area contributed by atoms with E-state index in [1.54, 1.807) is 4.52 Å². The smallest absolute Gasteiger partial charge is 0.216 e. The molecule has 0 aliphatic heterocycles. The quantitative estimate of drug-likeness (QED) is 0.684. The van der Waals surface area contributed by atoms with Crippen LogP contribution in [0.15, 0.2) is 10.8 Å². The summed E-state index contributed by atoms with van der Waals surface area (Å²) in [6.45, 7) is 3.92. The Morgan fingerprint density at radius 2 is 2.08 bits per heavy atom. The molecule has 0 aromatic carbocycles. The van der Waals surface area contributed by atoms with Crippen LogP contribution in [0.1, 0.15) is 11.4 Å². The second kappa shape index (κ2) is 2.52. The van der Waals surface area contributed by atoms with Gasteiger partial charge in [-0.2, -0.15) is 4.98 Å². The van der Waals surface area contributed by atoms with Crippen molar-refractivity contribution < 1.29 is 0 Å². The SMILES string of the molecule is Cc1cc(C)n2nc(Br)nc2n1. The van der Waals surface area contributed by atoms with Crippen molar-refractivity contribution in [3.63, 3.8) is 0 Å². The van der Waals surface area contributed by atoms with Crippen molar-refractivity contribution in [1.82, 2.24) is 19.6 Å². The van der Waals surface area contributed by atoms with Crippen LogP contribution in [0.3, 0.4) is 0 Å². The molecule has 0 saturated heterocycles. The van der Waals surface area contributed by atoms with Crippen LogP contribution in [0, 0.1) is 13.8 Å². The van der Waals surface area contributed by atoms with E-state index in [1.165, 1.54) is 0 Å². The van der Waals surface area contributed by atoms with Crippen LogP contribution >= 0.6 is 15.9 Å². The highest BCUT2D eigenvalue weighted by Crippen LogP contribution is 2.08. The van der Waals surface area contributed by atoms with Gasteiger partial charge in [0.2, 0.25) is 4.73 Å². The summed E-state index contributed by atoms with van der Waals surface area (Å²) in [4.78, 5) is 8.31. The predicted molar refractivity (Wildman–Crippen MR) is 48.0 cm³/mol. The first-order chi connectivity index (χ1) is 5.66. The fourth-order valence-corrected chi connectivity index (χ4v) is 1.46. The molecule has 0 saturated carbocycles. The minimum Gasteiger partial charge on any atom is -0.216 e. The molecular weight excluding hydrogens is 220 g/mol. The molecule has 0 aliphatic carbocycles. The molecule has 0 bridgehead atoms. The fraction of sp³-hybridized carbons (Fsp3) is 0.286. The van der Waals surface area contributed by atoms with Crippen LogP contribution in [0.25, 0.3) is 5.78 Å². The summed E-state index contributed by atoms with van der Waals surface area (Å²) in [6, 6.07) is 1.97. The van der Waals surface area contributed by atoms with Gasteiger partial charge in [0.1, 0.15) is 0 Å². The van der Waals surface area contributed by atoms with E-state index < -0.39 is 0 Å². The Morgan fingerprint density at radius 3 is 2.83 bits per heavy atom. The molecule has 0 atom stereocenters. The van der Waals surface area contributed by atoms with Crippen LogP contribution in [0.5, 0.6) is 0 Å². The molecule has 2 heterocycles. The monoisotopic (exact) mass is 226 g/mol. The van der Waals surface area contributed by atoms with Crippen molar-refractivity contribution in [1.29, 1.82) is 0 Å². The van der Waals surface area contributed by atoms with Crippen LogP contribution in [-0.2, 0) is 0 Å². The highest BCUT2D eigenvalue weighted by atomic mass is 79.9. The van der Waals surface area contributed by atoms with Gasteiger partial charge in [-0.05, 0) is 35.8 Å². The van der Waals surface area contributed by atoms with Crippen LogP contribution < -0.4 is 0 Å². The molecular formula is C7H7BrN4. The number of fused-ring (bicyclic) bond motifs is 1. The Bertz CT molecular complexity index is 434. The van der Waals surface area contributed by atoms with Crippen LogP contribution in [-0.4, -0.2) is 19.6 Å². The number of nitrogens with zero attached hydrogens (tertiary/aromatic N) is 4. The normalized spacial score (nSPS) is 10.9. The van der Waals surface area contributed by atoms with Crippen molar-refractivity contribution in [3.8, 4) is 0 Å². The Morgan fingerprint density at radius 1 is 1.33 bits per heavy atom. The lowest BCUT2D eigenvalue weighted by molar-refractivity contribution is 0.877. The lowest BCUT2D eigenvalue weighted by atomic mass is 10.4. The molecule has 2 aromatic heterocycles. The summed E-state index contributed by atoms with van der Waals surface area (Å²) in [5, 5.41) is 4.11. The standard InChI is InChI=1S/C7H7BrN4/c1-4-3-5(2)12-7(9-4)10-6(8)11-12/h3H,1-2H3. The number of rotatable bonds is 0. The minimum atomic E-state index is 0.573. The molecule has 2 aromatic rings. The van der Waals surface area contributed by atoms with E-state index in [1.807, 2.05) is 19.9 Å². The van der Waals surface area contributed by atoms with Gasteiger partial charge in [0.15, 0.2) is 0 Å². The van der Waals surface area contributed by atoms with Gasteiger partial charge < -0.3 is 0 Å². The van der Waals surface area contributed by atoms with Gasteiger partial charge in [0.25, 0.3) is 5.78 Å². The number of halogens is 1. The molecule has 0 amide bonds. The molecule has 0 fully saturated rings. The lowest BCUT2D eigenvalue weighted by Gasteiger charge is -1.97. The van der Waals surface area contributed by atoms with Crippen molar-refractivity contribution in [2.45, 2.75) is 13.8 Å². The molecule has 5 heteroatoms. The molecule has 0 spiro atoms. The van der Waals surface area contributed by atoms with Crippen molar-refractivity contribution in [2.75, 3.05) is 0 Å². The highest BCUT2D eigenvalue weighted by molar-refractivity contribution is 9.10. The second-order valence-electron chi connectivity index (χ2n) is 2.63. The molecule has 0 N–H and O–H groups in total. The topological polar surface area (TPSA) is 43.1 Å². The lowest BCUT2D eigenvalue weighted by Crippen LogP contribution is -1.97. The summed E-state index contributed by atoms with van der Waals surface area (Å²) in [5.74, 6) is 0.638. The van der Waals surface area contributed by atoms with E-state index in [9.17, 15) is 0 Å². The number of hydrogen-bond acceptors (Lipinski definition) is 3. The van der Waals surface area contributed by atoms with Gasteiger partial charge >= 0.3 is 0 Å². The Kier molecular flexibility index (Phi) is 1.61. The third-order valence-electron chi connectivity index (χ3n) is 1.59. The Hall–Kier alpha value is -0.970.